The van der Waals surface area contributed by atoms with Gasteiger partial charge in [0.15, 0.2) is 5.96 Å². The largest absolute Gasteiger partial charge is 0.481 e. The average Bonchev–Trinajstić information content (AvgIpc) is 3.22. The monoisotopic (exact) mass is 316 g/mol. The molecule has 5 nitrogen and oxygen atoms in total. The fourth-order valence-electron chi connectivity index (χ4n) is 3.87. The van der Waals surface area contributed by atoms with Crippen LogP contribution in [-0.2, 0) is 6.54 Å². The number of aliphatic imine (C=N–C) groups is 1. The van der Waals surface area contributed by atoms with E-state index in [9.17, 15) is 0 Å². The number of nitrogens with one attached hydrogen (secondary N) is 1. The summed E-state index contributed by atoms with van der Waals surface area (Å²) in [5, 5.41) is 3.45. The van der Waals surface area contributed by atoms with Crippen LogP contribution >= 0.6 is 0 Å². The Labute approximate surface area is 139 Å². The quantitative estimate of drug-likeness (QED) is 0.685. The van der Waals surface area contributed by atoms with Crippen molar-refractivity contribution in [1.82, 2.24) is 15.2 Å². The minimum absolute atomic E-state index is 0.567. The van der Waals surface area contributed by atoms with E-state index in [2.05, 4.69) is 22.1 Å². The standard InChI is InChI=1S/C18H28N4O/c1-3-19-17(21-13-15-6-7-16(23-2)20-12-15)22-11-10-18(14-22)8-4-5-9-18/h6-7,12H,3-5,8-11,13-14H2,1-2H3,(H,19,21). The van der Waals surface area contributed by atoms with E-state index in [1.807, 2.05) is 18.3 Å². The van der Waals surface area contributed by atoms with Gasteiger partial charge in [-0.3, -0.25) is 0 Å². The fourth-order valence-corrected chi connectivity index (χ4v) is 3.87. The van der Waals surface area contributed by atoms with Gasteiger partial charge in [0.25, 0.3) is 0 Å². The minimum atomic E-state index is 0.567. The van der Waals surface area contributed by atoms with Crippen molar-refractivity contribution in [3.05, 3.63) is 23.9 Å². The van der Waals surface area contributed by atoms with Gasteiger partial charge in [0.05, 0.1) is 13.7 Å². The molecule has 23 heavy (non-hydrogen) atoms. The molecule has 1 aliphatic carbocycles. The highest BCUT2D eigenvalue weighted by molar-refractivity contribution is 5.80. The highest BCUT2D eigenvalue weighted by Gasteiger charge is 2.41. The van der Waals surface area contributed by atoms with Crippen LogP contribution in [0.4, 0.5) is 0 Å². The number of hydrogen-bond donors (Lipinski definition) is 1. The van der Waals surface area contributed by atoms with E-state index in [0.29, 0.717) is 17.8 Å². The lowest BCUT2D eigenvalue weighted by molar-refractivity contribution is 0.309. The summed E-state index contributed by atoms with van der Waals surface area (Å²) in [4.78, 5) is 11.5. The van der Waals surface area contributed by atoms with Crippen molar-refractivity contribution in [2.45, 2.75) is 45.6 Å². The number of ether oxygens (including phenoxy) is 1. The highest BCUT2D eigenvalue weighted by atomic mass is 16.5. The molecule has 5 heteroatoms. The topological polar surface area (TPSA) is 49.8 Å². The van der Waals surface area contributed by atoms with Gasteiger partial charge in [0, 0.05) is 31.9 Å². The first-order valence-corrected chi connectivity index (χ1v) is 8.77. The fraction of sp³-hybridized carbons (Fsp3) is 0.667. The van der Waals surface area contributed by atoms with E-state index >= 15 is 0 Å². The molecule has 0 radical (unpaired) electrons. The van der Waals surface area contributed by atoms with Crippen LogP contribution in [0.1, 0.15) is 44.6 Å². The third kappa shape index (κ3) is 3.77. The first-order valence-electron chi connectivity index (χ1n) is 8.77. The van der Waals surface area contributed by atoms with E-state index in [1.165, 1.54) is 38.6 Å². The molecule has 3 rings (SSSR count). The molecule has 1 aromatic heterocycles. The van der Waals surface area contributed by atoms with E-state index in [4.69, 9.17) is 9.73 Å². The summed E-state index contributed by atoms with van der Waals surface area (Å²) in [6.45, 7) is 5.99. The van der Waals surface area contributed by atoms with Crippen LogP contribution in [0.15, 0.2) is 23.3 Å². The normalized spacial score (nSPS) is 20.3. The second kappa shape index (κ2) is 7.20. The van der Waals surface area contributed by atoms with Crippen molar-refractivity contribution in [3.8, 4) is 5.88 Å². The summed E-state index contributed by atoms with van der Waals surface area (Å²) in [5.41, 5.74) is 1.67. The maximum Gasteiger partial charge on any atom is 0.212 e. The first-order chi connectivity index (χ1) is 11.2. The molecule has 2 heterocycles. The van der Waals surface area contributed by atoms with E-state index in [-0.39, 0.29) is 0 Å². The summed E-state index contributed by atoms with van der Waals surface area (Å²) >= 11 is 0. The smallest absolute Gasteiger partial charge is 0.212 e. The molecule has 0 amide bonds. The van der Waals surface area contributed by atoms with Gasteiger partial charge < -0.3 is 15.0 Å². The third-order valence-corrected chi connectivity index (χ3v) is 5.16. The number of pyridine rings is 1. The molecule has 0 bridgehead atoms. The molecule has 1 N–H and O–H groups in total. The van der Waals surface area contributed by atoms with E-state index in [0.717, 1.165) is 24.6 Å². The molecule has 1 aliphatic heterocycles. The van der Waals surface area contributed by atoms with Gasteiger partial charge in [-0.05, 0) is 37.2 Å². The Morgan fingerprint density at radius 2 is 2.17 bits per heavy atom. The lowest BCUT2D eigenvalue weighted by Gasteiger charge is -2.26. The summed E-state index contributed by atoms with van der Waals surface area (Å²) in [6.07, 6.45) is 8.75. The number of aromatic nitrogens is 1. The van der Waals surface area contributed by atoms with Crippen LogP contribution in [0, 0.1) is 5.41 Å². The van der Waals surface area contributed by atoms with Gasteiger partial charge in [-0.15, -0.1) is 0 Å². The van der Waals surface area contributed by atoms with Gasteiger partial charge in [-0.1, -0.05) is 18.9 Å². The van der Waals surface area contributed by atoms with Crippen molar-refractivity contribution >= 4 is 5.96 Å². The highest BCUT2D eigenvalue weighted by Crippen LogP contribution is 2.45. The molecule has 1 saturated carbocycles. The minimum Gasteiger partial charge on any atom is -0.481 e. The summed E-state index contributed by atoms with van der Waals surface area (Å²) in [6, 6.07) is 3.92. The van der Waals surface area contributed by atoms with Crippen molar-refractivity contribution in [2.24, 2.45) is 10.4 Å². The molecule has 2 aliphatic rings. The Hall–Kier alpha value is -1.78. The van der Waals surface area contributed by atoms with Gasteiger partial charge in [0.2, 0.25) is 5.88 Å². The molecule has 126 valence electrons. The molecular formula is C18H28N4O. The van der Waals surface area contributed by atoms with Crippen LogP contribution in [0.2, 0.25) is 0 Å². The number of methoxy groups -OCH3 is 1. The van der Waals surface area contributed by atoms with Crippen molar-refractivity contribution < 1.29 is 4.74 Å². The van der Waals surface area contributed by atoms with Crippen molar-refractivity contribution in [1.29, 1.82) is 0 Å². The number of guanidine groups is 1. The van der Waals surface area contributed by atoms with Crippen LogP contribution in [0.5, 0.6) is 5.88 Å². The summed E-state index contributed by atoms with van der Waals surface area (Å²) in [7, 11) is 1.63. The summed E-state index contributed by atoms with van der Waals surface area (Å²) < 4.78 is 5.10. The Balaban J connectivity index is 1.65. The van der Waals surface area contributed by atoms with Crippen molar-refractivity contribution in [2.75, 3.05) is 26.7 Å². The van der Waals surface area contributed by atoms with Gasteiger partial charge >= 0.3 is 0 Å². The van der Waals surface area contributed by atoms with E-state index in [1.54, 1.807) is 7.11 Å². The maximum absolute atomic E-state index is 5.10. The lowest BCUT2D eigenvalue weighted by Crippen LogP contribution is -2.41. The SMILES string of the molecule is CCNC(=NCc1ccc(OC)nc1)N1CCC2(CCCC2)C1. The Morgan fingerprint density at radius 3 is 2.83 bits per heavy atom. The Kier molecular flexibility index (Phi) is 5.03. The Morgan fingerprint density at radius 1 is 1.35 bits per heavy atom. The molecule has 1 saturated heterocycles. The maximum atomic E-state index is 5.10. The zero-order chi connectivity index (χ0) is 16.1. The first kappa shape index (κ1) is 16.1. The predicted molar refractivity (Wildman–Crippen MR) is 92.7 cm³/mol. The predicted octanol–water partition coefficient (Wildman–Crippen LogP) is 2.82. The zero-order valence-electron chi connectivity index (χ0n) is 14.3. The number of likely N-dealkylation sites (tertiary alicyclic amines) is 1. The average molecular weight is 316 g/mol. The molecular weight excluding hydrogens is 288 g/mol. The second-order valence-electron chi connectivity index (χ2n) is 6.76. The van der Waals surface area contributed by atoms with Gasteiger partial charge in [-0.2, -0.15) is 0 Å². The van der Waals surface area contributed by atoms with Gasteiger partial charge in [-0.25, -0.2) is 9.98 Å². The van der Waals surface area contributed by atoms with Crippen LogP contribution < -0.4 is 10.1 Å². The van der Waals surface area contributed by atoms with E-state index < -0.39 is 0 Å². The van der Waals surface area contributed by atoms with Crippen LogP contribution in [0.3, 0.4) is 0 Å². The molecule has 0 unspecified atom stereocenters. The zero-order valence-corrected chi connectivity index (χ0v) is 14.3. The summed E-state index contributed by atoms with van der Waals surface area (Å²) in [5.74, 6) is 1.69. The second-order valence-corrected chi connectivity index (χ2v) is 6.76. The molecule has 1 aromatic rings. The van der Waals surface area contributed by atoms with Gasteiger partial charge in [0.1, 0.15) is 0 Å². The van der Waals surface area contributed by atoms with Crippen LogP contribution in [-0.4, -0.2) is 42.6 Å². The lowest BCUT2D eigenvalue weighted by atomic mass is 9.86. The molecule has 0 atom stereocenters. The number of nitrogens with zero attached hydrogens (tertiary/aromatic N) is 3. The molecule has 0 aromatic carbocycles. The molecule has 2 fully saturated rings. The Bertz CT molecular complexity index is 534. The van der Waals surface area contributed by atoms with Crippen LogP contribution in [0.25, 0.3) is 0 Å². The third-order valence-electron chi connectivity index (χ3n) is 5.16. The number of hydrogen-bond acceptors (Lipinski definition) is 3. The van der Waals surface area contributed by atoms with Crippen molar-refractivity contribution in [3.63, 3.8) is 0 Å². The number of rotatable bonds is 4. The molecule has 1 spiro atoms.